The van der Waals surface area contributed by atoms with E-state index in [4.69, 9.17) is 0 Å². The number of rotatable bonds is 6. The van der Waals surface area contributed by atoms with Gasteiger partial charge in [-0.3, -0.25) is 0 Å². The van der Waals surface area contributed by atoms with Gasteiger partial charge in [0.05, 0.1) is 30.7 Å². The van der Waals surface area contributed by atoms with Gasteiger partial charge in [-0.15, -0.1) is 0 Å². The molecule has 0 aliphatic rings. The van der Waals surface area contributed by atoms with Crippen molar-refractivity contribution in [2.45, 2.75) is 25.8 Å². The maximum Gasteiger partial charge on any atom is 0.319 e. The fourth-order valence-corrected chi connectivity index (χ4v) is 2.01. The van der Waals surface area contributed by atoms with E-state index in [1.807, 2.05) is 37.3 Å². The van der Waals surface area contributed by atoms with Gasteiger partial charge >= 0.3 is 6.03 Å². The maximum absolute atomic E-state index is 11.9. The normalized spacial score (nSPS) is 11.7. The Hall–Kier alpha value is -2.47. The largest absolute Gasteiger partial charge is 0.394 e. The molecule has 22 heavy (non-hydrogen) atoms. The summed E-state index contributed by atoms with van der Waals surface area (Å²) in [6.07, 6.45) is 4.44. The highest BCUT2D eigenvalue weighted by molar-refractivity contribution is 5.89. The first kappa shape index (κ1) is 15.9. The van der Waals surface area contributed by atoms with Crippen molar-refractivity contribution in [1.29, 1.82) is 0 Å². The van der Waals surface area contributed by atoms with E-state index in [0.717, 1.165) is 17.8 Å². The van der Waals surface area contributed by atoms with Crippen molar-refractivity contribution in [2.75, 3.05) is 11.9 Å². The van der Waals surface area contributed by atoms with Crippen LogP contribution >= 0.6 is 0 Å². The Morgan fingerprint density at radius 3 is 2.50 bits per heavy atom. The molecule has 1 aromatic carbocycles. The van der Waals surface area contributed by atoms with E-state index in [0.29, 0.717) is 12.1 Å². The van der Waals surface area contributed by atoms with Gasteiger partial charge in [-0.25, -0.2) is 14.8 Å². The fourth-order valence-electron chi connectivity index (χ4n) is 2.01. The second-order valence-electron chi connectivity index (χ2n) is 4.91. The van der Waals surface area contributed by atoms with Gasteiger partial charge in [-0.1, -0.05) is 37.3 Å². The fraction of sp³-hybridized carbons (Fsp3) is 0.312. The topological polar surface area (TPSA) is 87.1 Å². The monoisotopic (exact) mass is 300 g/mol. The van der Waals surface area contributed by atoms with E-state index in [1.165, 1.54) is 0 Å². The highest BCUT2D eigenvalue weighted by atomic mass is 16.3. The van der Waals surface area contributed by atoms with Crippen molar-refractivity contribution >= 4 is 11.7 Å². The average Bonchev–Trinajstić information content (AvgIpc) is 2.56. The Morgan fingerprint density at radius 2 is 1.91 bits per heavy atom. The molecule has 6 heteroatoms. The Morgan fingerprint density at radius 1 is 1.23 bits per heavy atom. The molecule has 0 aliphatic carbocycles. The number of carbonyl (C=O) groups is 1. The number of amides is 2. The Bertz CT molecular complexity index is 587. The van der Waals surface area contributed by atoms with Crippen LogP contribution < -0.4 is 10.6 Å². The lowest BCUT2D eigenvalue weighted by Gasteiger charge is -2.16. The van der Waals surface area contributed by atoms with Gasteiger partial charge in [-0.2, -0.15) is 0 Å². The number of aliphatic hydroxyl groups excluding tert-OH is 1. The smallest absolute Gasteiger partial charge is 0.319 e. The third-order valence-corrected chi connectivity index (χ3v) is 3.16. The minimum Gasteiger partial charge on any atom is -0.394 e. The van der Waals surface area contributed by atoms with Gasteiger partial charge in [0.25, 0.3) is 0 Å². The molecule has 0 fully saturated rings. The second-order valence-corrected chi connectivity index (χ2v) is 4.91. The number of benzene rings is 1. The number of aromatic nitrogens is 2. The van der Waals surface area contributed by atoms with Crippen LogP contribution in [-0.4, -0.2) is 33.8 Å². The lowest BCUT2D eigenvalue weighted by Crippen LogP contribution is -2.41. The number of urea groups is 1. The molecule has 0 radical (unpaired) electrons. The number of aliphatic hydroxyl groups is 1. The van der Waals surface area contributed by atoms with Gasteiger partial charge in [0.2, 0.25) is 0 Å². The molecule has 0 saturated heterocycles. The van der Waals surface area contributed by atoms with Crippen LogP contribution in [0.3, 0.4) is 0 Å². The van der Waals surface area contributed by atoms with Gasteiger partial charge < -0.3 is 15.7 Å². The van der Waals surface area contributed by atoms with Crippen LogP contribution in [0.15, 0.2) is 42.7 Å². The molecule has 0 spiro atoms. The summed E-state index contributed by atoms with van der Waals surface area (Å²) in [5.41, 5.74) is 1.57. The van der Waals surface area contributed by atoms with Crippen molar-refractivity contribution in [3.8, 4) is 0 Å². The highest BCUT2D eigenvalue weighted by Crippen LogP contribution is 2.05. The number of anilines is 1. The molecule has 2 rings (SSSR count). The summed E-state index contributed by atoms with van der Waals surface area (Å²) in [4.78, 5) is 20.2. The van der Waals surface area contributed by atoms with Gasteiger partial charge in [0, 0.05) is 6.42 Å². The first-order chi connectivity index (χ1) is 10.7. The summed E-state index contributed by atoms with van der Waals surface area (Å²) in [7, 11) is 0. The Labute approximate surface area is 129 Å². The van der Waals surface area contributed by atoms with E-state index < -0.39 is 0 Å². The van der Waals surface area contributed by atoms with Crippen molar-refractivity contribution < 1.29 is 9.90 Å². The summed E-state index contributed by atoms with van der Waals surface area (Å²) in [6, 6.07) is 8.96. The molecule has 0 aliphatic heterocycles. The Kier molecular flexibility index (Phi) is 5.85. The molecule has 116 valence electrons. The number of aryl methyl sites for hydroxylation is 1. The zero-order valence-corrected chi connectivity index (χ0v) is 12.5. The molecular formula is C16H20N4O2. The highest BCUT2D eigenvalue weighted by Gasteiger charge is 2.12. The van der Waals surface area contributed by atoms with Crippen molar-refractivity contribution in [3.05, 3.63) is 54.1 Å². The molecule has 3 N–H and O–H groups in total. The summed E-state index contributed by atoms with van der Waals surface area (Å²) in [5.74, 6) is 0.725. The molecule has 1 heterocycles. The third kappa shape index (κ3) is 4.82. The van der Waals surface area contributed by atoms with Crippen LogP contribution in [0, 0.1) is 0 Å². The maximum atomic E-state index is 11.9. The van der Waals surface area contributed by atoms with Gasteiger partial charge in [-0.05, 0) is 12.0 Å². The SMILES string of the molecule is CCc1ncc(NC(=O)N[C@H](CO)Cc2ccccc2)cn1. The predicted octanol–water partition coefficient (Wildman–Crippen LogP) is 1.76. The van der Waals surface area contributed by atoms with Crippen LogP contribution in [-0.2, 0) is 12.8 Å². The summed E-state index contributed by atoms with van der Waals surface area (Å²) >= 11 is 0. The minimum absolute atomic E-state index is 0.131. The van der Waals surface area contributed by atoms with E-state index in [-0.39, 0.29) is 18.7 Å². The number of hydrogen-bond acceptors (Lipinski definition) is 4. The minimum atomic E-state index is -0.386. The molecule has 1 aromatic heterocycles. The van der Waals surface area contributed by atoms with Crippen molar-refractivity contribution in [3.63, 3.8) is 0 Å². The molecule has 1 atom stereocenters. The summed E-state index contributed by atoms with van der Waals surface area (Å²) < 4.78 is 0. The van der Waals surface area contributed by atoms with Crippen LogP contribution in [0.25, 0.3) is 0 Å². The van der Waals surface area contributed by atoms with E-state index >= 15 is 0 Å². The molecule has 0 bridgehead atoms. The third-order valence-electron chi connectivity index (χ3n) is 3.16. The lowest BCUT2D eigenvalue weighted by atomic mass is 10.1. The van der Waals surface area contributed by atoms with Crippen LogP contribution in [0.5, 0.6) is 0 Å². The molecule has 2 amide bonds. The summed E-state index contributed by atoms with van der Waals surface area (Å²) in [5, 5.41) is 14.8. The number of nitrogens with one attached hydrogen (secondary N) is 2. The average molecular weight is 300 g/mol. The predicted molar refractivity (Wildman–Crippen MR) is 84.6 cm³/mol. The second kappa shape index (κ2) is 8.09. The zero-order valence-electron chi connectivity index (χ0n) is 12.5. The first-order valence-electron chi connectivity index (χ1n) is 7.24. The van der Waals surface area contributed by atoms with Crippen molar-refractivity contribution in [2.24, 2.45) is 0 Å². The zero-order chi connectivity index (χ0) is 15.8. The molecule has 2 aromatic rings. The van der Waals surface area contributed by atoms with E-state index in [2.05, 4.69) is 20.6 Å². The number of hydrogen-bond donors (Lipinski definition) is 3. The number of nitrogens with zero attached hydrogens (tertiary/aromatic N) is 2. The number of carbonyl (C=O) groups excluding carboxylic acids is 1. The van der Waals surface area contributed by atoms with Gasteiger partial charge in [0.15, 0.2) is 0 Å². The van der Waals surface area contributed by atoms with E-state index in [1.54, 1.807) is 12.4 Å². The molecule has 0 saturated carbocycles. The molecule has 0 unspecified atom stereocenters. The van der Waals surface area contributed by atoms with E-state index in [9.17, 15) is 9.90 Å². The standard InChI is InChI=1S/C16H20N4O2/c1-2-15-17-9-14(10-18-15)20-16(22)19-13(11-21)8-12-6-4-3-5-7-12/h3-7,9-10,13,21H,2,8,11H2,1H3,(H2,19,20,22)/t13-/m0/s1. The van der Waals surface area contributed by atoms with Crippen molar-refractivity contribution in [1.82, 2.24) is 15.3 Å². The lowest BCUT2D eigenvalue weighted by molar-refractivity contribution is 0.224. The summed E-state index contributed by atoms with van der Waals surface area (Å²) in [6.45, 7) is 1.83. The quantitative estimate of drug-likeness (QED) is 0.758. The van der Waals surface area contributed by atoms with Crippen LogP contribution in [0.1, 0.15) is 18.3 Å². The molecular weight excluding hydrogens is 280 g/mol. The first-order valence-corrected chi connectivity index (χ1v) is 7.24. The van der Waals surface area contributed by atoms with Crippen LogP contribution in [0.2, 0.25) is 0 Å². The molecule has 6 nitrogen and oxygen atoms in total. The van der Waals surface area contributed by atoms with Gasteiger partial charge in [0.1, 0.15) is 5.82 Å². The Balaban J connectivity index is 1.88. The van der Waals surface area contributed by atoms with Crippen LogP contribution in [0.4, 0.5) is 10.5 Å².